The third-order valence-electron chi connectivity index (χ3n) is 5.57. The monoisotopic (exact) mass is 394 g/mol. The molecule has 1 saturated heterocycles. The molecular formula is C20H22N6O3. The van der Waals surface area contributed by atoms with Crippen LogP contribution in [0.1, 0.15) is 39.5 Å². The fraction of sp³-hybridized carbons (Fsp3) is 0.400. The van der Waals surface area contributed by atoms with Crippen LogP contribution in [-0.4, -0.2) is 67.8 Å². The lowest BCUT2D eigenvalue weighted by molar-refractivity contribution is 0.0528. The topological polar surface area (TPSA) is 100 Å². The fourth-order valence-electron chi connectivity index (χ4n) is 3.95. The molecule has 0 atom stereocenters. The maximum Gasteiger partial charge on any atom is 0.274 e. The van der Waals surface area contributed by atoms with Crippen molar-refractivity contribution in [1.82, 2.24) is 29.8 Å². The Labute approximate surface area is 167 Å². The summed E-state index contributed by atoms with van der Waals surface area (Å²) in [6.07, 6.45) is 4.81. The minimum atomic E-state index is -0.149. The highest BCUT2D eigenvalue weighted by Crippen LogP contribution is 2.20. The van der Waals surface area contributed by atoms with E-state index in [2.05, 4.69) is 15.3 Å². The normalized spacial score (nSPS) is 16.7. The van der Waals surface area contributed by atoms with Crippen LogP contribution in [0.2, 0.25) is 0 Å². The summed E-state index contributed by atoms with van der Waals surface area (Å²) in [6, 6.07) is 7.19. The second kappa shape index (κ2) is 7.23. The highest BCUT2D eigenvalue weighted by molar-refractivity contribution is 5.94. The van der Waals surface area contributed by atoms with Gasteiger partial charge in [0.15, 0.2) is 17.1 Å². The lowest BCUT2D eigenvalue weighted by Gasteiger charge is -2.34. The third-order valence-corrected chi connectivity index (χ3v) is 5.57. The van der Waals surface area contributed by atoms with E-state index >= 15 is 0 Å². The van der Waals surface area contributed by atoms with Gasteiger partial charge in [0.25, 0.3) is 11.8 Å². The Morgan fingerprint density at radius 1 is 0.966 bits per heavy atom. The van der Waals surface area contributed by atoms with Crippen molar-refractivity contribution < 1.29 is 14.0 Å². The minimum absolute atomic E-state index is 0.0566. The number of H-pyrrole nitrogens is 1. The van der Waals surface area contributed by atoms with Crippen molar-refractivity contribution in [3.05, 3.63) is 47.6 Å². The van der Waals surface area contributed by atoms with Gasteiger partial charge in [-0.25, -0.2) is 0 Å². The average Bonchev–Trinajstić information content (AvgIpc) is 3.52. The Bertz CT molecular complexity index is 1000. The van der Waals surface area contributed by atoms with Gasteiger partial charge in [0.2, 0.25) is 0 Å². The van der Waals surface area contributed by atoms with E-state index in [4.69, 9.17) is 4.42 Å². The maximum atomic E-state index is 12.8. The van der Waals surface area contributed by atoms with E-state index in [-0.39, 0.29) is 11.8 Å². The number of hydrogen-bond donors (Lipinski definition) is 1. The predicted molar refractivity (Wildman–Crippen MR) is 103 cm³/mol. The van der Waals surface area contributed by atoms with Gasteiger partial charge >= 0.3 is 0 Å². The van der Waals surface area contributed by atoms with E-state index in [0.717, 1.165) is 31.5 Å². The van der Waals surface area contributed by atoms with E-state index in [1.807, 2.05) is 10.7 Å². The Hall–Kier alpha value is -3.36. The molecule has 0 spiro atoms. The van der Waals surface area contributed by atoms with Crippen LogP contribution < -0.4 is 0 Å². The maximum absolute atomic E-state index is 12.8. The number of nitrogens with zero attached hydrogens (tertiary/aromatic N) is 5. The summed E-state index contributed by atoms with van der Waals surface area (Å²) in [5, 5.41) is 11.4. The lowest BCUT2D eigenvalue weighted by atomic mass is 10.1. The van der Waals surface area contributed by atoms with Crippen LogP contribution in [0.25, 0.3) is 11.5 Å². The summed E-state index contributed by atoms with van der Waals surface area (Å²) in [5.41, 5.74) is 2.66. The molecule has 9 nitrogen and oxygen atoms in total. The van der Waals surface area contributed by atoms with Crippen LogP contribution in [0.15, 0.2) is 34.9 Å². The molecule has 3 aromatic rings. The molecule has 2 aliphatic heterocycles. The molecular weight excluding hydrogens is 372 g/mol. The number of furan rings is 1. The van der Waals surface area contributed by atoms with E-state index in [1.165, 1.54) is 0 Å². The molecule has 5 heterocycles. The number of carbonyl (C=O) groups is 2. The summed E-state index contributed by atoms with van der Waals surface area (Å²) in [4.78, 5) is 29.1. The second-order valence-corrected chi connectivity index (χ2v) is 7.43. The first-order valence-electron chi connectivity index (χ1n) is 9.93. The van der Waals surface area contributed by atoms with Gasteiger partial charge in [-0.2, -0.15) is 10.2 Å². The van der Waals surface area contributed by atoms with E-state index in [0.29, 0.717) is 49.0 Å². The summed E-state index contributed by atoms with van der Waals surface area (Å²) < 4.78 is 7.27. The number of aryl methyl sites for hydroxylation is 2. The van der Waals surface area contributed by atoms with Crippen molar-refractivity contribution in [2.75, 3.05) is 26.2 Å². The third kappa shape index (κ3) is 3.32. The number of aromatic amines is 1. The largest absolute Gasteiger partial charge is 0.463 e. The second-order valence-electron chi connectivity index (χ2n) is 7.43. The SMILES string of the molecule is O=C(c1cc(-c2ccco2)[nH]n1)N1CCN(C(=O)c2cc3n(n2)CCCC3)CC1. The highest BCUT2D eigenvalue weighted by atomic mass is 16.3. The first kappa shape index (κ1) is 17.7. The Morgan fingerprint density at radius 2 is 1.72 bits per heavy atom. The molecule has 0 saturated carbocycles. The van der Waals surface area contributed by atoms with Gasteiger partial charge in [0.1, 0.15) is 5.69 Å². The Balaban J connectivity index is 1.21. The number of carbonyl (C=O) groups excluding carboxylic acids is 2. The van der Waals surface area contributed by atoms with E-state index < -0.39 is 0 Å². The van der Waals surface area contributed by atoms with Crippen LogP contribution in [0.5, 0.6) is 0 Å². The molecule has 0 aromatic carbocycles. The van der Waals surface area contributed by atoms with E-state index in [9.17, 15) is 9.59 Å². The van der Waals surface area contributed by atoms with Crippen LogP contribution in [-0.2, 0) is 13.0 Å². The summed E-state index contributed by atoms with van der Waals surface area (Å²) in [5.74, 6) is 0.428. The van der Waals surface area contributed by atoms with Crippen molar-refractivity contribution in [2.45, 2.75) is 25.8 Å². The smallest absolute Gasteiger partial charge is 0.274 e. The van der Waals surface area contributed by atoms with E-state index in [1.54, 1.807) is 34.3 Å². The van der Waals surface area contributed by atoms with Gasteiger partial charge in [-0.3, -0.25) is 19.4 Å². The Kier molecular flexibility index (Phi) is 4.42. The molecule has 0 unspecified atom stereocenters. The summed E-state index contributed by atoms with van der Waals surface area (Å²) in [7, 11) is 0. The molecule has 2 amide bonds. The van der Waals surface area contributed by atoms with Crippen molar-refractivity contribution >= 4 is 11.8 Å². The number of rotatable bonds is 3. The molecule has 2 aliphatic rings. The zero-order chi connectivity index (χ0) is 19.8. The molecule has 29 heavy (non-hydrogen) atoms. The van der Waals surface area contributed by atoms with Crippen LogP contribution >= 0.6 is 0 Å². The molecule has 1 fully saturated rings. The highest BCUT2D eigenvalue weighted by Gasteiger charge is 2.28. The van der Waals surface area contributed by atoms with Crippen molar-refractivity contribution in [1.29, 1.82) is 0 Å². The zero-order valence-electron chi connectivity index (χ0n) is 16.0. The van der Waals surface area contributed by atoms with Gasteiger partial charge in [-0.1, -0.05) is 0 Å². The molecule has 0 radical (unpaired) electrons. The van der Waals surface area contributed by atoms with Crippen LogP contribution in [0.3, 0.4) is 0 Å². The first-order valence-corrected chi connectivity index (χ1v) is 9.93. The number of piperazine rings is 1. The summed E-state index contributed by atoms with van der Waals surface area (Å²) in [6.45, 7) is 2.81. The Morgan fingerprint density at radius 3 is 2.41 bits per heavy atom. The number of amides is 2. The number of hydrogen-bond acceptors (Lipinski definition) is 5. The molecule has 5 rings (SSSR count). The number of fused-ring (bicyclic) bond motifs is 1. The van der Waals surface area contributed by atoms with Gasteiger partial charge in [-0.05, 0) is 37.5 Å². The summed E-state index contributed by atoms with van der Waals surface area (Å²) >= 11 is 0. The van der Waals surface area contributed by atoms with Crippen molar-refractivity contribution in [2.24, 2.45) is 0 Å². The number of aromatic nitrogens is 4. The van der Waals surface area contributed by atoms with Gasteiger partial charge in [-0.15, -0.1) is 0 Å². The zero-order valence-corrected chi connectivity index (χ0v) is 16.0. The number of nitrogens with one attached hydrogen (secondary N) is 1. The lowest BCUT2D eigenvalue weighted by Crippen LogP contribution is -2.50. The molecule has 0 aliphatic carbocycles. The molecule has 3 aromatic heterocycles. The molecule has 1 N–H and O–H groups in total. The van der Waals surface area contributed by atoms with Gasteiger partial charge in [0.05, 0.1) is 6.26 Å². The fourth-order valence-corrected chi connectivity index (χ4v) is 3.95. The first-order chi connectivity index (χ1) is 14.2. The molecule has 0 bridgehead atoms. The molecule has 9 heteroatoms. The molecule has 150 valence electrons. The minimum Gasteiger partial charge on any atom is -0.463 e. The van der Waals surface area contributed by atoms with Crippen molar-refractivity contribution in [3.63, 3.8) is 0 Å². The van der Waals surface area contributed by atoms with Gasteiger partial charge < -0.3 is 14.2 Å². The van der Waals surface area contributed by atoms with Crippen LogP contribution in [0, 0.1) is 0 Å². The van der Waals surface area contributed by atoms with Gasteiger partial charge in [0, 0.05) is 44.5 Å². The quantitative estimate of drug-likeness (QED) is 0.730. The average molecular weight is 394 g/mol. The standard InChI is InChI=1S/C20H22N6O3/c27-19(16-13-15(21-22-16)18-5-3-11-29-18)24-7-9-25(10-8-24)20(28)17-12-14-4-1-2-6-26(14)23-17/h3,5,11-13H,1-2,4,6-10H2,(H,21,22). The predicted octanol–water partition coefficient (Wildman–Crippen LogP) is 1.80. The van der Waals surface area contributed by atoms with Crippen LogP contribution in [0.4, 0.5) is 0 Å². The van der Waals surface area contributed by atoms with Crippen molar-refractivity contribution in [3.8, 4) is 11.5 Å².